The number of nitriles is 1. The van der Waals surface area contributed by atoms with Crippen LogP contribution in [-0.4, -0.2) is 33.7 Å². The predicted molar refractivity (Wildman–Crippen MR) is 146 cm³/mol. The van der Waals surface area contributed by atoms with Crippen molar-refractivity contribution in [2.75, 3.05) is 18.0 Å². The summed E-state index contributed by atoms with van der Waals surface area (Å²) in [4.78, 5) is 12.0. The fourth-order valence-corrected chi connectivity index (χ4v) is 5.19. The zero-order chi connectivity index (χ0) is 25.8. The van der Waals surface area contributed by atoms with E-state index >= 15 is 0 Å². The largest absolute Gasteiger partial charge is 0.368 e. The summed E-state index contributed by atoms with van der Waals surface area (Å²) in [7, 11) is 0. The van der Waals surface area contributed by atoms with Gasteiger partial charge in [-0.2, -0.15) is 5.26 Å². The number of pyridine rings is 1. The Kier molecular flexibility index (Phi) is 7.47. The Labute approximate surface area is 217 Å². The molecule has 7 heteroatoms. The Morgan fingerprint density at radius 2 is 1.95 bits per heavy atom. The molecular formula is C30H33FN6. The lowest BCUT2D eigenvalue weighted by atomic mass is 10.1. The molecule has 0 bridgehead atoms. The van der Waals surface area contributed by atoms with Crippen molar-refractivity contribution in [3.63, 3.8) is 0 Å². The average Bonchev–Trinajstić information content (AvgIpc) is 3.31. The number of anilines is 1. The Bertz CT molecular complexity index is 1420. The van der Waals surface area contributed by atoms with Crippen LogP contribution in [0.2, 0.25) is 0 Å². The molecule has 1 aliphatic heterocycles. The van der Waals surface area contributed by atoms with Gasteiger partial charge in [-0.15, -0.1) is 0 Å². The smallest absolute Gasteiger partial charge is 0.167 e. The van der Waals surface area contributed by atoms with Gasteiger partial charge in [0.25, 0.3) is 0 Å². The molecule has 2 N–H and O–H groups in total. The van der Waals surface area contributed by atoms with Gasteiger partial charge in [0.1, 0.15) is 23.2 Å². The fraction of sp³-hybridized carbons (Fsp3) is 0.367. The van der Waals surface area contributed by atoms with E-state index in [-0.39, 0.29) is 11.6 Å². The first kappa shape index (κ1) is 24.9. The molecule has 1 unspecified atom stereocenters. The van der Waals surface area contributed by atoms with Crippen molar-refractivity contribution in [3.8, 4) is 23.1 Å². The molecule has 2 aromatic carbocycles. The number of nitrogens with zero attached hydrogens (tertiary/aromatic N) is 5. The molecule has 0 spiro atoms. The van der Waals surface area contributed by atoms with Crippen LogP contribution in [0.3, 0.4) is 0 Å². The van der Waals surface area contributed by atoms with Gasteiger partial charge in [0, 0.05) is 36.6 Å². The Balaban J connectivity index is 1.61. The van der Waals surface area contributed by atoms with Crippen LogP contribution in [0.15, 0.2) is 54.7 Å². The molecule has 0 radical (unpaired) electrons. The maximum Gasteiger partial charge on any atom is 0.167 e. The van der Waals surface area contributed by atoms with Gasteiger partial charge in [0.15, 0.2) is 5.65 Å². The van der Waals surface area contributed by atoms with Gasteiger partial charge >= 0.3 is 0 Å². The second-order valence-corrected chi connectivity index (χ2v) is 9.90. The number of aryl methyl sites for hydroxylation is 1. The number of aromatic nitrogens is 3. The van der Waals surface area contributed by atoms with E-state index in [0.29, 0.717) is 17.0 Å². The van der Waals surface area contributed by atoms with E-state index in [1.54, 1.807) is 12.3 Å². The second kappa shape index (κ2) is 11.1. The lowest BCUT2D eigenvalue weighted by molar-refractivity contribution is 0.507. The summed E-state index contributed by atoms with van der Waals surface area (Å²) in [6, 6.07) is 17.1. The maximum absolute atomic E-state index is 14.7. The molecule has 190 valence electrons. The molecule has 5 rings (SSSR count). The van der Waals surface area contributed by atoms with Crippen LogP contribution in [0.1, 0.15) is 56.6 Å². The number of halogens is 1. The third kappa shape index (κ3) is 5.21. The van der Waals surface area contributed by atoms with Crippen molar-refractivity contribution in [3.05, 3.63) is 71.7 Å². The summed E-state index contributed by atoms with van der Waals surface area (Å²) in [6.45, 7) is 3.90. The van der Waals surface area contributed by atoms with E-state index < -0.39 is 5.82 Å². The average molecular weight is 497 g/mol. The predicted octanol–water partition coefficient (Wildman–Crippen LogP) is 6.15. The van der Waals surface area contributed by atoms with Crippen LogP contribution in [0.5, 0.6) is 0 Å². The van der Waals surface area contributed by atoms with Gasteiger partial charge in [-0.3, -0.25) is 4.57 Å². The summed E-state index contributed by atoms with van der Waals surface area (Å²) in [5.41, 5.74) is 11.6. The van der Waals surface area contributed by atoms with E-state index in [0.717, 1.165) is 49.2 Å². The first-order valence-electron chi connectivity index (χ1n) is 13.3. The minimum atomic E-state index is -0.559. The quantitative estimate of drug-likeness (QED) is 0.296. The monoisotopic (exact) mass is 496 g/mol. The number of imidazole rings is 1. The molecule has 0 aliphatic carbocycles. The third-order valence-electron chi connectivity index (χ3n) is 7.18. The van der Waals surface area contributed by atoms with Crippen molar-refractivity contribution in [2.24, 2.45) is 5.73 Å². The molecule has 1 atom stereocenters. The van der Waals surface area contributed by atoms with Crippen molar-refractivity contribution in [2.45, 2.75) is 57.9 Å². The molecule has 6 nitrogen and oxygen atoms in total. The molecule has 0 saturated carbocycles. The SMILES string of the molecule is CCCCCCc1ccc(-n2c(-c3ccc(C#N)c(F)c3)nc3c(N4CCCC(N)C4)ccnc32)cc1. The molecule has 1 fully saturated rings. The van der Waals surface area contributed by atoms with E-state index in [1.165, 1.54) is 43.4 Å². The lowest BCUT2D eigenvalue weighted by Gasteiger charge is -2.32. The van der Waals surface area contributed by atoms with Crippen LogP contribution in [0.4, 0.5) is 10.1 Å². The van der Waals surface area contributed by atoms with Crippen molar-refractivity contribution < 1.29 is 4.39 Å². The molecule has 1 aliphatic rings. The van der Waals surface area contributed by atoms with Crippen molar-refractivity contribution in [1.82, 2.24) is 14.5 Å². The van der Waals surface area contributed by atoms with Gasteiger partial charge in [0.05, 0.1) is 11.3 Å². The van der Waals surface area contributed by atoms with E-state index in [4.69, 9.17) is 15.7 Å². The fourth-order valence-electron chi connectivity index (χ4n) is 5.19. The number of unbranched alkanes of at least 4 members (excludes halogenated alkanes) is 3. The molecular weight excluding hydrogens is 463 g/mol. The first-order chi connectivity index (χ1) is 18.1. The van der Waals surface area contributed by atoms with Crippen molar-refractivity contribution in [1.29, 1.82) is 5.26 Å². The first-order valence-corrected chi connectivity index (χ1v) is 13.3. The zero-order valence-corrected chi connectivity index (χ0v) is 21.3. The zero-order valence-electron chi connectivity index (χ0n) is 21.3. The van der Waals surface area contributed by atoms with Crippen LogP contribution in [0, 0.1) is 17.1 Å². The molecule has 0 amide bonds. The lowest BCUT2D eigenvalue weighted by Crippen LogP contribution is -2.42. The standard InChI is InChI=1S/C30H33FN6/c1-2-3-4-5-7-21-9-13-25(14-10-21)37-29(22-11-12-23(19-32)26(31)18-22)35-28-27(15-16-34-30(28)37)36-17-6-8-24(33)20-36/h9-16,18,24H,2-8,17,20,33H2,1H3. The minimum absolute atomic E-state index is 0.0138. The van der Waals surface area contributed by atoms with Gasteiger partial charge in [0.2, 0.25) is 0 Å². The second-order valence-electron chi connectivity index (χ2n) is 9.90. The highest BCUT2D eigenvalue weighted by atomic mass is 19.1. The Hall–Kier alpha value is -3.76. The summed E-state index contributed by atoms with van der Waals surface area (Å²) < 4.78 is 16.7. The van der Waals surface area contributed by atoms with Crippen LogP contribution >= 0.6 is 0 Å². The van der Waals surface area contributed by atoms with Crippen molar-refractivity contribution >= 4 is 16.9 Å². The highest BCUT2D eigenvalue weighted by molar-refractivity contribution is 5.90. The summed E-state index contributed by atoms with van der Waals surface area (Å²) >= 11 is 0. The van der Waals surface area contributed by atoms with Gasteiger partial charge in [-0.05, 0) is 67.6 Å². The van der Waals surface area contributed by atoms with Crippen LogP contribution in [-0.2, 0) is 6.42 Å². The Morgan fingerprint density at radius 3 is 2.68 bits per heavy atom. The highest BCUT2D eigenvalue weighted by Gasteiger charge is 2.24. The summed E-state index contributed by atoms with van der Waals surface area (Å²) in [6.07, 6.45) is 9.81. The number of fused-ring (bicyclic) bond motifs is 1. The minimum Gasteiger partial charge on any atom is -0.368 e. The topological polar surface area (TPSA) is 83.8 Å². The maximum atomic E-state index is 14.7. The highest BCUT2D eigenvalue weighted by Crippen LogP contribution is 2.34. The van der Waals surface area contributed by atoms with E-state index in [2.05, 4.69) is 36.1 Å². The number of benzene rings is 2. The van der Waals surface area contributed by atoms with Crippen LogP contribution in [0.25, 0.3) is 28.2 Å². The number of hydrogen-bond acceptors (Lipinski definition) is 5. The normalized spacial score (nSPS) is 15.7. The third-order valence-corrected chi connectivity index (χ3v) is 7.18. The number of nitrogens with two attached hydrogens (primary N) is 1. The van der Waals surface area contributed by atoms with Gasteiger partial charge < -0.3 is 10.6 Å². The number of piperidine rings is 1. The summed E-state index contributed by atoms with van der Waals surface area (Å²) in [5, 5.41) is 9.21. The molecule has 4 aromatic rings. The van der Waals surface area contributed by atoms with Crippen LogP contribution < -0.4 is 10.6 Å². The van der Waals surface area contributed by atoms with Gasteiger partial charge in [-0.25, -0.2) is 14.4 Å². The molecule has 1 saturated heterocycles. The molecule has 2 aromatic heterocycles. The molecule has 3 heterocycles. The number of rotatable bonds is 8. The van der Waals surface area contributed by atoms with E-state index in [1.807, 2.05) is 16.7 Å². The number of hydrogen-bond donors (Lipinski definition) is 1. The Morgan fingerprint density at radius 1 is 1.11 bits per heavy atom. The van der Waals surface area contributed by atoms with E-state index in [9.17, 15) is 9.65 Å². The summed E-state index contributed by atoms with van der Waals surface area (Å²) in [5.74, 6) is 0.0339. The molecule has 37 heavy (non-hydrogen) atoms. The van der Waals surface area contributed by atoms with Gasteiger partial charge in [-0.1, -0.05) is 38.3 Å².